The Kier molecular flexibility index (Phi) is 6.18. The Labute approximate surface area is 156 Å². The van der Waals surface area contributed by atoms with Gasteiger partial charge in [0.2, 0.25) is 0 Å². The van der Waals surface area contributed by atoms with Crippen LogP contribution >= 0.6 is 0 Å². The lowest BCUT2D eigenvalue weighted by Crippen LogP contribution is -2.46. The minimum Gasteiger partial charge on any atom is -0.368 e. The molecule has 144 valence electrons. The van der Waals surface area contributed by atoms with Crippen LogP contribution in [0.25, 0.3) is 10.8 Å². The molecule has 2 N–H and O–H groups in total. The van der Waals surface area contributed by atoms with Gasteiger partial charge in [-0.25, -0.2) is 4.68 Å². The lowest BCUT2D eigenvalue weighted by Gasteiger charge is -2.13. The smallest absolute Gasteiger partial charge is 0.290 e. The molecule has 1 unspecified atom stereocenters. The molecule has 0 radical (unpaired) electrons. The number of amides is 2. The van der Waals surface area contributed by atoms with Crippen molar-refractivity contribution >= 4 is 22.6 Å². The predicted molar refractivity (Wildman–Crippen MR) is 100 cm³/mol. The molecule has 0 bridgehead atoms. The summed E-state index contributed by atoms with van der Waals surface area (Å²) in [5.41, 5.74) is 4.65. The van der Waals surface area contributed by atoms with Gasteiger partial charge >= 0.3 is 0 Å². The largest absolute Gasteiger partial charge is 0.368 e. The number of aromatic nitrogens is 2. The van der Waals surface area contributed by atoms with Crippen molar-refractivity contribution in [3.63, 3.8) is 0 Å². The summed E-state index contributed by atoms with van der Waals surface area (Å²) < 4.78 is 6.62. The summed E-state index contributed by atoms with van der Waals surface area (Å²) in [5, 5.41) is 5.14. The van der Waals surface area contributed by atoms with Crippen LogP contribution in [-0.4, -0.2) is 34.3 Å². The molecule has 27 heavy (non-hydrogen) atoms. The number of hydrazine groups is 1. The van der Waals surface area contributed by atoms with Crippen molar-refractivity contribution in [2.24, 2.45) is 0 Å². The van der Waals surface area contributed by atoms with E-state index in [4.69, 9.17) is 4.74 Å². The lowest BCUT2D eigenvalue weighted by molar-refractivity contribution is -0.130. The van der Waals surface area contributed by atoms with Crippen molar-refractivity contribution in [3.8, 4) is 0 Å². The van der Waals surface area contributed by atoms with E-state index in [9.17, 15) is 14.4 Å². The second kappa shape index (κ2) is 8.77. The summed E-state index contributed by atoms with van der Waals surface area (Å²) in [6, 6.07) is 6.85. The second-order valence-electron chi connectivity index (χ2n) is 6.57. The third-order valence-corrected chi connectivity index (χ3v) is 4.58. The monoisotopic (exact) mass is 372 g/mol. The standard InChI is InChI=1S/C19H24N4O4/c1-2-3-6-11-23-19(26)14-9-5-4-8-13(14)16(22-23)18(25)21-20-17(24)15-10-7-12-27-15/h4-5,8-9,15H,2-3,6-7,10-12H2,1H3,(H,20,24)(H,21,25). The first-order valence-corrected chi connectivity index (χ1v) is 9.33. The topological polar surface area (TPSA) is 102 Å². The van der Waals surface area contributed by atoms with E-state index in [1.807, 2.05) is 0 Å². The number of hydrogen-bond donors (Lipinski definition) is 2. The zero-order valence-electron chi connectivity index (χ0n) is 15.4. The van der Waals surface area contributed by atoms with Crippen molar-refractivity contribution < 1.29 is 14.3 Å². The van der Waals surface area contributed by atoms with Gasteiger partial charge in [-0.05, 0) is 25.3 Å². The first-order valence-electron chi connectivity index (χ1n) is 9.33. The molecule has 1 saturated heterocycles. The lowest BCUT2D eigenvalue weighted by atomic mass is 10.1. The third kappa shape index (κ3) is 4.33. The van der Waals surface area contributed by atoms with Crippen LogP contribution < -0.4 is 16.4 Å². The summed E-state index contributed by atoms with van der Waals surface area (Å²) in [6.45, 7) is 3.06. The number of unbranched alkanes of at least 4 members (excludes halogenated alkanes) is 2. The van der Waals surface area contributed by atoms with Crippen LogP contribution in [0.3, 0.4) is 0 Å². The van der Waals surface area contributed by atoms with Crippen molar-refractivity contribution in [2.45, 2.75) is 51.7 Å². The predicted octanol–water partition coefficient (Wildman–Crippen LogP) is 1.53. The highest BCUT2D eigenvalue weighted by atomic mass is 16.5. The molecule has 2 aromatic rings. The van der Waals surface area contributed by atoms with Gasteiger partial charge in [0, 0.05) is 18.5 Å². The molecule has 0 aliphatic carbocycles. The van der Waals surface area contributed by atoms with Crippen molar-refractivity contribution in [1.82, 2.24) is 20.6 Å². The van der Waals surface area contributed by atoms with E-state index in [0.29, 0.717) is 30.3 Å². The van der Waals surface area contributed by atoms with Gasteiger partial charge in [-0.1, -0.05) is 38.0 Å². The van der Waals surface area contributed by atoms with Gasteiger partial charge in [-0.3, -0.25) is 25.2 Å². The normalized spacial score (nSPS) is 16.4. The van der Waals surface area contributed by atoms with Gasteiger partial charge in [0.1, 0.15) is 6.10 Å². The highest BCUT2D eigenvalue weighted by molar-refractivity contribution is 6.05. The molecule has 0 saturated carbocycles. The van der Waals surface area contributed by atoms with Crippen LogP contribution in [0.4, 0.5) is 0 Å². The Morgan fingerprint density at radius 1 is 1.22 bits per heavy atom. The average molecular weight is 372 g/mol. The van der Waals surface area contributed by atoms with Crippen LogP contribution in [0.5, 0.6) is 0 Å². The number of fused-ring (bicyclic) bond motifs is 1. The molecule has 1 aliphatic rings. The van der Waals surface area contributed by atoms with E-state index < -0.39 is 12.0 Å². The van der Waals surface area contributed by atoms with E-state index in [2.05, 4.69) is 22.9 Å². The Hall–Kier alpha value is -2.74. The molecular formula is C19H24N4O4. The van der Waals surface area contributed by atoms with Crippen molar-refractivity contribution in [3.05, 3.63) is 40.3 Å². The van der Waals surface area contributed by atoms with Crippen molar-refractivity contribution in [1.29, 1.82) is 0 Å². The maximum absolute atomic E-state index is 12.6. The number of nitrogens with one attached hydrogen (secondary N) is 2. The first-order chi connectivity index (χ1) is 13.1. The SMILES string of the molecule is CCCCCn1nc(C(=O)NNC(=O)C2CCCO2)c2ccccc2c1=O. The molecule has 1 aromatic carbocycles. The molecule has 8 nitrogen and oxygen atoms in total. The van der Waals surface area contributed by atoms with Crippen LogP contribution in [-0.2, 0) is 16.1 Å². The average Bonchev–Trinajstić information content (AvgIpc) is 3.23. The van der Waals surface area contributed by atoms with E-state index in [0.717, 1.165) is 25.7 Å². The molecule has 1 atom stereocenters. The van der Waals surface area contributed by atoms with Crippen molar-refractivity contribution in [2.75, 3.05) is 6.61 Å². The molecule has 3 rings (SSSR count). The van der Waals surface area contributed by atoms with Crippen LogP contribution in [0, 0.1) is 0 Å². The fraction of sp³-hybridized carbons (Fsp3) is 0.474. The third-order valence-electron chi connectivity index (χ3n) is 4.58. The molecule has 8 heteroatoms. The van der Waals surface area contributed by atoms with E-state index in [1.165, 1.54) is 4.68 Å². The van der Waals surface area contributed by atoms with Crippen LogP contribution in [0.2, 0.25) is 0 Å². The van der Waals surface area contributed by atoms with Gasteiger partial charge < -0.3 is 4.74 Å². The second-order valence-corrected chi connectivity index (χ2v) is 6.57. The zero-order valence-corrected chi connectivity index (χ0v) is 15.4. The van der Waals surface area contributed by atoms with Gasteiger partial charge in [-0.2, -0.15) is 5.10 Å². The quantitative estimate of drug-likeness (QED) is 0.591. The number of carbonyl (C=O) groups excluding carboxylic acids is 2. The van der Waals surface area contributed by atoms with E-state index in [1.54, 1.807) is 24.3 Å². The Balaban J connectivity index is 1.83. The fourth-order valence-corrected chi connectivity index (χ4v) is 3.11. The minimum atomic E-state index is -0.568. The highest BCUT2D eigenvalue weighted by Crippen LogP contribution is 2.14. The number of carbonyl (C=O) groups is 2. The van der Waals surface area contributed by atoms with Crippen LogP contribution in [0.1, 0.15) is 49.5 Å². The van der Waals surface area contributed by atoms with Gasteiger partial charge in [0.15, 0.2) is 5.69 Å². The first kappa shape index (κ1) is 19.0. The van der Waals surface area contributed by atoms with Crippen LogP contribution in [0.15, 0.2) is 29.1 Å². The highest BCUT2D eigenvalue weighted by Gasteiger charge is 2.24. The Bertz CT molecular complexity index is 887. The molecule has 0 spiro atoms. The fourth-order valence-electron chi connectivity index (χ4n) is 3.11. The number of rotatable bonds is 6. The minimum absolute atomic E-state index is 0.106. The number of nitrogens with zero attached hydrogens (tertiary/aromatic N) is 2. The number of ether oxygens (including phenoxy) is 1. The number of aryl methyl sites for hydroxylation is 1. The molecule has 2 amide bonds. The Morgan fingerprint density at radius 2 is 2.00 bits per heavy atom. The summed E-state index contributed by atoms with van der Waals surface area (Å²) in [5.74, 6) is -0.955. The summed E-state index contributed by atoms with van der Waals surface area (Å²) in [6.07, 6.45) is 3.70. The van der Waals surface area contributed by atoms with E-state index >= 15 is 0 Å². The molecular weight excluding hydrogens is 348 g/mol. The number of hydrogen-bond acceptors (Lipinski definition) is 5. The zero-order chi connectivity index (χ0) is 19.2. The summed E-state index contributed by atoms with van der Waals surface area (Å²) >= 11 is 0. The summed E-state index contributed by atoms with van der Waals surface area (Å²) in [7, 11) is 0. The number of benzene rings is 1. The van der Waals surface area contributed by atoms with E-state index in [-0.39, 0.29) is 17.2 Å². The maximum Gasteiger partial charge on any atom is 0.290 e. The molecule has 1 aromatic heterocycles. The Morgan fingerprint density at radius 3 is 2.70 bits per heavy atom. The molecule has 1 aliphatic heterocycles. The summed E-state index contributed by atoms with van der Waals surface area (Å²) in [4.78, 5) is 37.3. The van der Waals surface area contributed by atoms with Gasteiger partial charge in [0.25, 0.3) is 17.4 Å². The van der Waals surface area contributed by atoms with Gasteiger partial charge in [0.05, 0.1) is 5.39 Å². The molecule has 1 fully saturated rings. The maximum atomic E-state index is 12.6. The molecule has 2 heterocycles. The van der Waals surface area contributed by atoms with Gasteiger partial charge in [-0.15, -0.1) is 0 Å².